The Hall–Kier alpha value is -2.44. The number of hydrogen-bond acceptors (Lipinski definition) is 5. The van der Waals surface area contributed by atoms with Crippen LogP contribution in [0, 0.1) is 5.92 Å². The van der Waals surface area contributed by atoms with Gasteiger partial charge in [0.15, 0.2) is 0 Å². The van der Waals surface area contributed by atoms with Crippen LogP contribution in [0.15, 0.2) is 48.8 Å². The zero-order valence-corrected chi connectivity index (χ0v) is 14.3. The maximum absolute atomic E-state index is 13.0. The first-order valence-electron chi connectivity index (χ1n) is 8.84. The van der Waals surface area contributed by atoms with E-state index in [0.29, 0.717) is 0 Å². The van der Waals surface area contributed by atoms with E-state index in [4.69, 9.17) is 0 Å². The normalized spacial score (nSPS) is 25.6. The second-order valence-electron chi connectivity index (χ2n) is 6.59. The van der Waals surface area contributed by atoms with Gasteiger partial charge >= 0.3 is 0 Å². The Bertz CT molecular complexity index is 750. The van der Waals surface area contributed by atoms with Gasteiger partial charge in [-0.2, -0.15) is 0 Å². The van der Waals surface area contributed by atoms with Gasteiger partial charge in [-0.05, 0) is 30.2 Å². The van der Waals surface area contributed by atoms with Crippen LogP contribution in [0.5, 0.6) is 0 Å². The van der Waals surface area contributed by atoms with Gasteiger partial charge in [0.2, 0.25) is 0 Å². The molecule has 3 heterocycles. The fourth-order valence-electron chi connectivity index (χ4n) is 3.83. The Morgan fingerprint density at radius 3 is 2.92 bits per heavy atom. The van der Waals surface area contributed by atoms with Crippen molar-refractivity contribution in [2.45, 2.75) is 25.6 Å². The fraction of sp³-hybridized carbons (Fsp3) is 0.368. The number of hydrazine groups is 1. The molecule has 1 amide bonds. The average molecular weight is 337 g/mol. The summed E-state index contributed by atoms with van der Waals surface area (Å²) >= 11 is 0. The van der Waals surface area contributed by atoms with E-state index in [9.17, 15) is 4.79 Å². The SMILES string of the molecule is CCCN1C(=O)c2ccccc2NC1C1CNNC1c1cccnc1. The Balaban J connectivity index is 1.68. The van der Waals surface area contributed by atoms with Crippen molar-refractivity contribution >= 4 is 11.6 Å². The predicted molar refractivity (Wildman–Crippen MR) is 96.8 cm³/mol. The van der Waals surface area contributed by atoms with Gasteiger partial charge < -0.3 is 10.2 Å². The first kappa shape index (κ1) is 16.1. The molecule has 1 aromatic carbocycles. The van der Waals surface area contributed by atoms with E-state index >= 15 is 0 Å². The third kappa shape index (κ3) is 2.88. The number of nitrogens with zero attached hydrogens (tertiary/aromatic N) is 2. The standard InChI is InChI=1S/C19H23N5O/c1-2-10-24-18(22-16-8-4-3-7-14(16)19(24)25)15-12-21-23-17(15)13-6-5-9-20-11-13/h3-9,11,15,17-18,21-23H,2,10,12H2,1H3. The molecule has 1 saturated heterocycles. The van der Waals surface area contributed by atoms with Crippen molar-refractivity contribution in [3.05, 3.63) is 59.9 Å². The van der Waals surface area contributed by atoms with Crippen LogP contribution in [0.2, 0.25) is 0 Å². The molecule has 0 saturated carbocycles. The van der Waals surface area contributed by atoms with E-state index in [-0.39, 0.29) is 24.0 Å². The van der Waals surface area contributed by atoms with Crippen LogP contribution in [0.25, 0.3) is 0 Å². The number of nitrogens with one attached hydrogen (secondary N) is 3. The summed E-state index contributed by atoms with van der Waals surface area (Å²) in [5.41, 5.74) is 9.42. The van der Waals surface area contributed by atoms with Crippen molar-refractivity contribution < 1.29 is 4.79 Å². The molecule has 2 aliphatic rings. The van der Waals surface area contributed by atoms with Gasteiger partial charge in [-0.25, -0.2) is 5.43 Å². The molecule has 3 N–H and O–H groups in total. The lowest BCUT2D eigenvalue weighted by atomic mass is 9.90. The van der Waals surface area contributed by atoms with E-state index in [2.05, 4.69) is 34.1 Å². The van der Waals surface area contributed by atoms with Crippen molar-refractivity contribution in [3.63, 3.8) is 0 Å². The summed E-state index contributed by atoms with van der Waals surface area (Å²) in [6.45, 7) is 3.63. The molecular weight excluding hydrogens is 314 g/mol. The molecule has 6 nitrogen and oxygen atoms in total. The van der Waals surface area contributed by atoms with E-state index in [1.54, 1.807) is 6.20 Å². The zero-order chi connectivity index (χ0) is 17.2. The Labute approximate surface area is 147 Å². The topological polar surface area (TPSA) is 69.3 Å². The first-order valence-corrected chi connectivity index (χ1v) is 8.84. The number of pyridine rings is 1. The van der Waals surface area contributed by atoms with Crippen molar-refractivity contribution in [2.75, 3.05) is 18.4 Å². The molecule has 4 rings (SSSR count). The molecule has 130 valence electrons. The van der Waals surface area contributed by atoms with E-state index in [1.165, 1.54) is 0 Å². The van der Waals surface area contributed by atoms with E-state index < -0.39 is 0 Å². The quantitative estimate of drug-likeness (QED) is 0.798. The number of carbonyl (C=O) groups excluding carboxylic acids is 1. The van der Waals surface area contributed by atoms with Crippen molar-refractivity contribution in [1.29, 1.82) is 0 Å². The van der Waals surface area contributed by atoms with Gasteiger partial charge in [-0.15, -0.1) is 0 Å². The van der Waals surface area contributed by atoms with Crippen molar-refractivity contribution in [1.82, 2.24) is 20.7 Å². The summed E-state index contributed by atoms with van der Waals surface area (Å²) in [6, 6.07) is 11.9. The Morgan fingerprint density at radius 2 is 2.12 bits per heavy atom. The number of anilines is 1. The molecule has 1 fully saturated rings. The summed E-state index contributed by atoms with van der Waals surface area (Å²) in [6.07, 6.45) is 4.54. The number of amides is 1. The second kappa shape index (κ2) is 6.82. The summed E-state index contributed by atoms with van der Waals surface area (Å²) < 4.78 is 0. The van der Waals surface area contributed by atoms with Gasteiger partial charge in [0.1, 0.15) is 6.17 Å². The molecule has 2 aromatic rings. The number of benzene rings is 1. The smallest absolute Gasteiger partial charge is 0.257 e. The van der Waals surface area contributed by atoms with E-state index in [0.717, 1.165) is 36.3 Å². The lowest BCUT2D eigenvalue weighted by Gasteiger charge is -2.42. The highest BCUT2D eigenvalue weighted by Gasteiger charge is 2.42. The largest absolute Gasteiger partial charge is 0.364 e. The van der Waals surface area contributed by atoms with Gasteiger partial charge in [0, 0.05) is 37.1 Å². The van der Waals surface area contributed by atoms with Crippen LogP contribution in [0.1, 0.15) is 35.3 Å². The molecule has 2 aliphatic heterocycles. The average Bonchev–Trinajstić information content (AvgIpc) is 3.14. The number of aromatic nitrogens is 1. The third-order valence-corrected chi connectivity index (χ3v) is 4.99. The Kier molecular flexibility index (Phi) is 4.38. The summed E-state index contributed by atoms with van der Waals surface area (Å²) in [5, 5.41) is 3.61. The van der Waals surface area contributed by atoms with Crippen LogP contribution in [0.3, 0.4) is 0 Å². The molecule has 1 aromatic heterocycles. The molecular formula is C19H23N5O. The minimum Gasteiger partial charge on any atom is -0.364 e. The molecule has 0 bridgehead atoms. The number of para-hydroxylation sites is 1. The third-order valence-electron chi connectivity index (χ3n) is 4.99. The van der Waals surface area contributed by atoms with Crippen LogP contribution < -0.4 is 16.2 Å². The van der Waals surface area contributed by atoms with Gasteiger partial charge in [0.05, 0.1) is 11.6 Å². The summed E-state index contributed by atoms with van der Waals surface area (Å²) in [5.74, 6) is 0.311. The molecule has 0 aliphatic carbocycles. The van der Waals surface area contributed by atoms with Crippen LogP contribution in [0.4, 0.5) is 5.69 Å². The van der Waals surface area contributed by atoms with Crippen molar-refractivity contribution in [2.24, 2.45) is 5.92 Å². The number of hydrogen-bond donors (Lipinski definition) is 3. The van der Waals surface area contributed by atoms with Crippen LogP contribution in [-0.4, -0.2) is 35.0 Å². The highest BCUT2D eigenvalue weighted by atomic mass is 16.2. The van der Waals surface area contributed by atoms with Crippen LogP contribution >= 0.6 is 0 Å². The lowest BCUT2D eigenvalue weighted by molar-refractivity contribution is 0.0619. The van der Waals surface area contributed by atoms with E-state index in [1.807, 2.05) is 41.4 Å². The number of carbonyl (C=O) groups is 1. The minimum atomic E-state index is -0.0601. The maximum atomic E-state index is 13.0. The number of rotatable bonds is 4. The van der Waals surface area contributed by atoms with Gasteiger partial charge in [0.25, 0.3) is 5.91 Å². The predicted octanol–water partition coefficient (Wildman–Crippen LogP) is 2.15. The minimum absolute atomic E-state index is 0.0601. The zero-order valence-electron chi connectivity index (χ0n) is 14.3. The molecule has 3 atom stereocenters. The molecule has 6 heteroatoms. The molecule has 0 radical (unpaired) electrons. The monoisotopic (exact) mass is 337 g/mol. The fourth-order valence-corrected chi connectivity index (χ4v) is 3.83. The highest BCUT2D eigenvalue weighted by molar-refractivity contribution is 6.01. The van der Waals surface area contributed by atoms with Gasteiger partial charge in [-0.1, -0.05) is 25.1 Å². The molecule has 0 spiro atoms. The van der Waals surface area contributed by atoms with Crippen LogP contribution in [-0.2, 0) is 0 Å². The van der Waals surface area contributed by atoms with Gasteiger partial charge in [-0.3, -0.25) is 15.2 Å². The molecule has 25 heavy (non-hydrogen) atoms. The summed E-state index contributed by atoms with van der Waals surface area (Å²) in [4.78, 5) is 19.3. The summed E-state index contributed by atoms with van der Waals surface area (Å²) in [7, 11) is 0. The second-order valence-corrected chi connectivity index (χ2v) is 6.59. The number of fused-ring (bicyclic) bond motifs is 1. The first-order chi connectivity index (χ1) is 12.3. The lowest BCUT2D eigenvalue weighted by Crippen LogP contribution is -2.54. The Morgan fingerprint density at radius 1 is 1.24 bits per heavy atom. The maximum Gasteiger partial charge on any atom is 0.257 e. The molecule has 3 unspecified atom stereocenters. The van der Waals surface area contributed by atoms with Crippen molar-refractivity contribution in [3.8, 4) is 0 Å². The highest BCUT2D eigenvalue weighted by Crippen LogP contribution is 2.34.